The van der Waals surface area contributed by atoms with Crippen molar-refractivity contribution in [2.24, 2.45) is 10.3 Å². The summed E-state index contributed by atoms with van der Waals surface area (Å²) in [6.07, 6.45) is -3.46. The molecule has 1 amide bonds. The Labute approximate surface area is 185 Å². The number of nitrogens with one attached hydrogen (secondary N) is 2. The molecule has 172 valence electrons. The molecule has 0 radical (unpaired) electrons. The smallest absolute Gasteiger partial charge is 0.321 e. The molecule has 0 bridgehead atoms. The lowest BCUT2D eigenvalue weighted by Gasteiger charge is -2.22. The van der Waals surface area contributed by atoms with E-state index < -0.39 is 38.3 Å². The van der Waals surface area contributed by atoms with Crippen molar-refractivity contribution >= 4 is 27.3 Å². The lowest BCUT2D eigenvalue weighted by atomic mass is 9.94. The number of halogens is 3. The molecule has 0 saturated carbocycles. The van der Waals surface area contributed by atoms with Gasteiger partial charge < -0.3 is 10.6 Å². The highest BCUT2D eigenvalue weighted by atomic mass is 32.2. The van der Waals surface area contributed by atoms with E-state index in [2.05, 4.69) is 15.0 Å². The molecule has 2 N–H and O–H groups in total. The van der Waals surface area contributed by atoms with Crippen molar-refractivity contribution in [3.05, 3.63) is 59.2 Å². The van der Waals surface area contributed by atoms with Crippen molar-refractivity contribution in [3.63, 3.8) is 0 Å². The molecule has 0 atom stereocenters. The summed E-state index contributed by atoms with van der Waals surface area (Å²) < 4.78 is 70.3. The maximum Gasteiger partial charge on any atom is 0.418 e. The van der Waals surface area contributed by atoms with Gasteiger partial charge in [0.25, 0.3) is 15.9 Å². The highest BCUT2D eigenvalue weighted by molar-refractivity contribution is 7.90. The Morgan fingerprint density at radius 1 is 1.12 bits per heavy atom. The molecule has 3 rings (SSSR count). The molecule has 1 heterocycles. The van der Waals surface area contributed by atoms with Gasteiger partial charge in [0.05, 0.1) is 16.1 Å². The second-order valence-electron chi connectivity index (χ2n) is 7.71. The molecule has 2 aromatic carbocycles. The molecule has 0 unspecified atom stereocenters. The van der Waals surface area contributed by atoms with Crippen molar-refractivity contribution in [3.8, 4) is 0 Å². The largest absolute Gasteiger partial charge is 0.418 e. The van der Waals surface area contributed by atoms with E-state index in [1.54, 1.807) is 32.0 Å². The summed E-state index contributed by atoms with van der Waals surface area (Å²) in [6, 6.07) is 8.96. The number of piperidine rings is 1. The summed E-state index contributed by atoms with van der Waals surface area (Å²) in [5.74, 6) is -0.759. The van der Waals surface area contributed by atoms with E-state index in [9.17, 15) is 26.4 Å². The fourth-order valence-electron chi connectivity index (χ4n) is 3.60. The molecule has 6 nitrogen and oxygen atoms in total. The van der Waals surface area contributed by atoms with Crippen molar-refractivity contribution in [1.82, 2.24) is 5.32 Å². The van der Waals surface area contributed by atoms with Crippen LogP contribution in [-0.2, 0) is 16.2 Å². The highest BCUT2D eigenvalue weighted by Gasteiger charge is 2.35. The number of hydrogen-bond acceptors (Lipinski definition) is 4. The van der Waals surface area contributed by atoms with Crippen LogP contribution >= 0.6 is 0 Å². The van der Waals surface area contributed by atoms with Crippen molar-refractivity contribution in [2.45, 2.75) is 37.8 Å². The number of sulfonamides is 1. The molecule has 1 saturated heterocycles. The van der Waals surface area contributed by atoms with Gasteiger partial charge in [0.2, 0.25) is 0 Å². The van der Waals surface area contributed by atoms with E-state index in [1.807, 2.05) is 0 Å². The number of carbonyl (C=O) groups excluding carboxylic acids is 1. The number of alkyl halides is 3. The summed E-state index contributed by atoms with van der Waals surface area (Å²) >= 11 is 0. The lowest BCUT2D eigenvalue weighted by molar-refractivity contribution is -0.137. The van der Waals surface area contributed by atoms with E-state index >= 15 is 0 Å². The number of anilines is 1. The van der Waals surface area contributed by atoms with Crippen LogP contribution in [0.15, 0.2) is 51.8 Å². The topological polar surface area (TPSA) is 87.6 Å². The molecule has 32 heavy (non-hydrogen) atoms. The number of carbonyl (C=O) groups is 1. The maximum absolute atomic E-state index is 13.7. The van der Waals surface area contributed by atoms with Gasteiger partial charge in [-0.05, 0) is 69.6 Å². The summed E-state index contributed by atoms with van der Waals surface area (Å²) in [6.45, 7) is 4.70. The maximum atomic E-state index is 13.7. The van der Waals surface area contributed by atoms with Crippen LogP contribution in [0.4, 0.5) is 18.9 Å². The normalized spacial score (nSPS) is 16.1. The van der Waals surface area contributed by atoms with E-state index in [1.165, 1.54) is 6.07 Å². The predicted octanol–water partition coefficient (Wildman–Crippen LogP) is 4.42. The number of nitrogens with zero attached hydrogens (tertiary/aromatic N) is 1. The number of aryl methyl sites for hydroxylation is 1. The van der Waals surface area contributed by atoms with E-state index in [4.69, 9.17) is 0 Å². The minimum atomic E-state index is -4.88. The third kappa shape index (κ3) is 5.55. The Kier molecular flexibility index (Phi) is 7.04. The first-order chi connectivity index (χ1) is 15.0. The molecule has 0 aromatic heterocycles. The van der Waals surface area contributed by atoms with Crippen molar-refractivity contribution < 1.29 is 26.4 Å². The highest BCUT2D eigenvalue weighted by Crippen LogP contribution is 2.37. The van der Waals surface area contributed by atoms with Gasteiger partial charge in [-0.2, -0.15) is 26.0 Å². The summed E-state index contributed by atoms with van der Waals surface area (Å²) in [5.41, 5.74) is -0.587. The van der Waals surface area contributed by atoms with E-state index in [-0.39, 0.29) is 11.5 Å². The van der Waals surface area contributed by atoms with Crippen LogP contribution in [0.3, 0.4) is 0 Å². The summed E-state index contributed by atoms with van der Waals surface area (Å²) in [4.78, 5) is 11.9. The van der Waals surface area contributed by atoms with E-state index in [0.29, 0.717) is 30.2 Å². The number of rotatable bonds is 5. The van der Waals surface area contributed by atoms with Gasteiger partial charge >= 0.3 is 6.18 Å². The molecule has 0 aliphatic carbocycles. The van der Waals surface area contributed by atoms with Gasteiger partial charge in [-0.15, -0.1) is 0 Å². The third-order valence-electron chi connectivity index (χ3n) is 5.43. The number of benzene rings is 2. The zero-order chi connectivity index (χ0) is 23.5. The van der Waals surface area contributed by atoms with E-state index in [0.717, 1.165) is 25.2 Å². The number of amides is 1. The van der Waals surface area contributed by atoms with Gasteiger partial charge in [0.1, 0.15) is 0 Å². The minimum absolute atomic E-state index is 0.0409. The SMILES string of the molecule is CC(=NS(=O)(=O)c1ccc(NC(=O)c2ccccc2C)c(C(F)(F)F)c1)C1CCNCC1. The average molecular weight is 468 g/mol. The second kappa shape index (κ2) is 9.41. The molecule has 1 aliphatic rings. The fraction of sp³-hybridized carbons (Fsp3) is 0.364. The third-order valence-corrected chi connectivity index (χ3v) is 6.80. The first kappa shape index (κ1) is 23.9. The minimum Gasteiger partial charge on any atom is -0.321 e. The van der Waals surface area contributed by atoms with Crippen LogP contribution in [-0.4, -0.2) is 33.1 Å². The Morgan fingerprint density at radius 2 is 1.78 bits per heavy atom. The first-order valence-corrected chi connectivity index (χ1v) is 11.5. The van der Waals surface area contributed by atoms with Crippen LogP contribution in [0.2, 0.25) is 0 Å². The Morgan fingerprint density at radius 3 is 2.41 bits per heavy atom. The standard InChI is InChI=1S/C22H24F3N3O3S/c1-14-5-3-4-6-18(14)21(29)27-20-8-7-17(13-19(20)22(23,24)25)32(30,31)28-15(2)16-9-11-26-12-10-16/h3-8,13,16,26H,9-12H2,1-2H3,(H,27,29). The van der Waals surface area contributed by atoms with Gasteiger partial charge in [-0.3, -0.25) is 4.79 Å². The first-order valence-electron chi connectivity index (χ1n) is 10.1. The molecular formula is C22H24F3N3O3S. The fourth-order valence-corrected chi connectivity index (χ4v) is 4.74. The Hall–Kier alpha value is -2.72. The average Bonchev–Trinajstić information content (AvgIpc) is 2.73. The Bertz CT molecular complexity index is 1140. The van der Waals surface area contributed by atoms with Crippen LogP contribution < -0.4 is 10.6 Å². The summed E-state index contributed by atoms with van der Waals surface area (Å²) in [7, 11) is -4.34. The van der Waals surface area contributed by atoms with Gasteiger partial charge in [0, 0.05) is 17.2 Å². The zero-order valence-electron chi connectivity index (χ0n) is 17.7. The Balaban J connectivity index is 1.94. The molecule has 0 spiro atoms. The predicted molar refractivity (Wildman–Crippen MR) is 116 cm³/mol. The molecule has 2 aromatic rings. The number of hydrogen-bond donors (Lipinski definition) is 2. The lowest BCUT2D eigenvalue weighted by Crippen LogP contribution is -2.31. The zero-order valence-corrected chi connectivity index (χ0v) is 18.5. The second-order valence-corrected chi connectivity index (χ2v) is 9.31. The van der Waals surface area contributed by atoms with Crippen molar-refractivity contribution in [1.29, 1.82) is 0 Å². The van der Waals surface area contributed by atoms with Gasteiger partial charge in [-0.1, -0.05) is 18.2 Å². The van der Waals surface area contributed by atoms with Gasteiger partial charge in [0.15, 0.2) is 0 Å². The van der Waals surface area contributed by atoms with Crippen LogP contribution in [0.25, 0.3) is 0 Å². The van der Waals surface area contributed by atoms with Crippen LogP contribution in [0, 0.1) is 12.8 Å². The molecule has 10 heteroatoms. The molecule has 1 aliphatic heterocycles. The molecule has 1 fully saturated rings. The van der Waals surface area contributed by atoms with Gasteiger partial charge in [-0.25, -0.2) is 0 Å². The van der Waals surface area contributed by atoms with Crippen molar-refractivity contribution in [2.75, 3.05) is 18.4 Å². The monoisotopic (exact) mass is 467 g/mol. The van der Waals surface area contributed by atoms with Crippen LogP contribution in [0.1, 0.15) is 41.3 Å². The van der Waals surface area contributed by atoms with Crippen LogP contribution in [0.5, 0.6) is 0 Å². The quantitative estimate of drug-likeness (QED) is 0.638. The molecular weight excluding hydrogens is 443 g/mol. The summed E-state index contributed by atoms with van der Waals surface area (Å²) in [5, 5.41) is 5.41.